The number of fused-ring (bicyclic) bond motifs is 1. The standard InChI is InChI=1S/C36H39FN4O4/c1-24-20-41(25(2)23-42)35(43)31-10-7-11-32(39-36(44)38-30-18-16-29(37)17-19-30)34(31)45-33(24)22-40(3)21-26-12-14-28(15-13-26)27-8-5-4-6-9-27/h4-19,24-25,33,42H,20-23H2,1-3H3,(H2,38,39,44)/t24-,25-,33-/m1/s1. The summed E-state index contributed by atoms with van der Waals surface area (Å²) in [5.74, 6) is -0.524. The molecule has 5 rings (SSSR count). The first-order valence-electron chi connectivity index (χ1n) is 15.1. The molecule has 1 aliphatic rings. The molecule has 0 fully saturated rings. The summed E-state index contributed by atoms with van der Waals surface area (Å²) in [5.41, 5.74) is 4.52. The topological polar surface area (TPSA) is 94.1 Å². The van der Waals surface area contributed by atoms with Crippen molar-refractivity contribution in [3.63, 3.8) is 0 Å². The predicted octanol–water partition coefficient (Wildman–Crippen LogP) is 6.49. The van der Waals surface area contributed by atoms with Gasteiger partial charge in [-0.15, -0.1) is 0 Å². The van der Waals surface area contributed by atoms with Crippen LogP contribution in [0.4, 0.5) is 20.6 Å². The lowest BCUT2D eigenvalue weighted by atomic mass is 9.98. The Morgan fingerprint density at radius 1 is 0.978 bits per heavy atom. The fraction of sp³-hybridized carbons (Fsp3) is 0.278. The van der Waals surface area contributed by atoms with Gasteiger partial charge in [-0.25, -0.2) is 9.18 Å². The highest BCUT2D eigenvalue weighted by Gasteiger charge is 2.34. The van der Waals surface area contributed by atoms with Gasteiger partial charge in [0.15, 0.2) is 5.75 Å². The minimum absolute atomic E-state index is 0.0971. The van der Waals surface area contributed by atoms with Crippen molar-refractivity contribution in [2.45, 2.75) is 32.5 Å². The van der Waals surface area contributed by atoms with Crippen LogP contribution in [-0.2, 0) is 6.54 Å². The van der Waals surface area contributed by atoms with E-state index in [0.29, 0.717) is 36.6 Å². The van der Waals surface area contributed by atoms with Gasteiger partial charge in [0.05, 0.1) is 23.9 Å². The maximum Gasteiger partial charge on any atom is 0.323 e. The Kier molecular flexibility index (Phi) is 10.1. The Hall–Kier alpha value is -4.73. The summed E-state index contributed by atoms with van der Waals surface area (Å²) in [6, 6.07) is 28.2. The van der Waals surface area contributed by atoms with Crippen molar-refractivity contribution in [2.24, 2.45) is 5.92 Å². The van der Waals surface area contributed by atoms with Crippen molar-refractivity contribution in [1.29, 1.82) is 0 Å². The number of likely N-dealkylation sites (N-methyl/N-ethyl adjacent to an activating group) is 1. The zero-order chi connectivity index (χ0) is 31.9. The number of hydrogen-bond acceptors (Lipinski definition) is 5. The third-order valence-corrected chi connectivity index (χ3v) is 8.05. The van der Waals surface area contributed by atoms with Gasteiger partial charge in [0.1, 0.15) is 11.9 Å². The predicted molar refractivity (Wildman–Crippen MR) is 175 cm³/mol. The molecule has 3 amide bonds. The number of carbonyl (C=O) groups excluding carboxylic acids is 2. The van der Waals surface area contributed by atoms with Crippen LogP contribution in [0.3, 0.4) is 0 Å². The van der Waals surface area contributed by atoms with Gasteiger partial charge in [-0.1, -0.05) is 67.6 Å². The van der Waals surface area contributed by atoms with Gasteiger partial charge in [-0.2, -0.15) is 0 Å². The molecule has 45 heavy (non-hydrogen) atoms. The van der Waals surface area contributed by atoms with Crippen LogP contribution in [0.15, 0.2) is 97.1 Å². The molecule has 0 bridgehead atoms. The number of urea groups is 1. The van der Waals surface area contributed by atoms with Crippen molar-refractivity contribution in [1.82, 2.24) is 9.80 Å². The number of ether oxygens (including phenoxy) is 1. The van der Waals surface area contributed by atoms with Crippen LogP contribution in [-0.4, -0.2) is 65.7 Å². The van der Waals surface area contributed by atoms with Crippen molar-refractivity contribution in [3.8, 4) is 16.9 Å². The molecule has 3 N–H and O–H groups in total. The van der Waals surface area contributed by atoms with Crippen LogP contribution in [0, 0.1) is 11.7 Å². The smallest absolute Gasteiger partial charge is 0.323 e. The van der Waals surface area contributed by atoms with E-state index >= 15 is 0 Å². The number of para-hydroxylation sites is 1. The highest BCUT2D eigenvalue weighted by Crippen LogP contribution is 2.35. The first kappa shape index (κ1) is 31.7. The van der Waals surface area contributed by atoms with E-state index in [1.807, 2.05) is 39.1 Å². The van der Waals surface area contributed by atoms with E-state index in [2.05, 4.69) is 51.9 Å². The number of carbonyl (C=O) groups is 2. The fourth-order valence-corrected chi connectivity index (χ4v) is 5.49. The number of hydrogen-bond donors (Lipinski definition) is 3. The Labute approximate surface area is 263 Å². The number of benzene rings is 4. The average Bonchev–Trinajstić information content (AvgIpc) is 3.04. The summed E-state index contributed by atoms with van der Waals surface area (Å²) in [5, 5.41) is 15.5. The molecule has 0 aliphatic carbocycles. The van der Waals surface area contributed by atoms with E-state index in [-0.39, 0.29) is 30.3 Å². The summed E-state index contributed by atoms with van der Waals surface area (Å²) >= 11 is 0. The lowest BCUT2D eigenvalue weighted by Gasteiger charge is -2.38. The van der Waals surface area contributed by atoms with Crippen molar-refractivity contribution in [3.05, 3.63) is 114 Å². The molecule has 0 saturated carbocycles. The number of aliphatic hydroxyl groups excluding tert-OH is 1. The number of halogens is 1. The molecule has 0 saturated heterocycles. The Morgan fingerprint density at radius 2 is 1.67 bits per heavy atom. The van der Waals surface area contributed by atoms with Crippen LogP contribution < -0.4 is 15.4 Å². The van der Waals surface area contributed by atoms with Crippen molar-refractivity contribution in [2.75, 3.05) is 37.4 Å². The SMILES string of the molecule is C[C@@H]1CN([C@H](C)CO)C(=O)c2cccc(NC(=O)Nc3ccc(F)cc3)c2O[C@@H]1CN(C)Cc1ccc(-c2ccccc2)cc1. The minimum Gasteiger partial charge on any atom is -0.486 e. The molecule has 1 heterocycles. The molecular weight excluding hydrogens is 571 g/mol. The number of amides is 3. The van der Waals surface area contributed by atoms with E-state index in [1.54, 1.807) is 23.1 Å². The lowest BCUT2D eigenvalue weighted by Crippen LogP contribution is -2.49. The van der Waals surface area contributed by atoms with Crippen LogP contribution >= 0.6 is 0 Å². The molecule has 0 aromatic heterocycles. The third-order valence-electron chi connectivity index (χ3n) is 8.05. The molecule has 4 aromatic rings. The first-order chi connectivity index (χ1) is 21.7. The van der Waals surface area contributed by atoms with Gasteiger partial charge >= 0.3 is 6.03 Å². The van der Waals surface area contributed by atoms with E-state index in [4.69, 9.17) is 4.74 Å². The summed E-state index contributed by atoms with van der Waals surface area (Å²) in [6.45, 7) is 5.28. The van der Waals surface area contributed by atoms with Crippen LogP contribution in [0.5, 0.6) is 5.75 Å². The zero-order valence-corrected chi connectivity index (χ0v) is 25.7. The van der Waals surface area contributed by atoms with E-state index in [0.717, 1.165) is 11.1 Å². The molecule has 9 heteroatoms. The second kappa shape index (κ2) is 14.4. The highest BCUT2D eigenvalue weighted by molar-refractivity contribution is 6.04. The monoisotopic (exact) mass is 610 g/mol. The normalized spacial score (nSPS) is 17.1. The summed E-state index contributed by atoms with van der Waals surface area (Å²) < 4.78 is 20.0. The summed E-state index contributed by atoms with van der Waals surface area (Å²) in [4.78, 5) is 30.5. The van der Waals surface area contributed by atoms with Gasteiger partial charge in [0, 0.05) is 31.2 Å². The molecule has 1 aliphatic heterocycles. The molecule has 3 atom stereocenters. The van der Waals surface area contributed by atoms with Crippen molar-refractivity contribution >= 4 is 23.3 Å². The molecule has 234 valence electrons. The Balaban J connectivity index is 1.37. The number of nitrogens with zero attached hydrogens (tertiary/aromatic N) is 2. The zero-order valence-electron chi connectivity index (χ0n) is 25.7. The van der Waals surface area contributed by atoms with Crippen LogP contribution in [0.2, 0.25) is 0 Å². The molecule has 8 nitrogen and oxygen atoms in total. The van der Waals surface area contributed by atoms with E-state index in [9.17, 15) is 19.1 Å². The number of rotatable bonds is 9. The summed E-state index contributed by atoms with van der Waals surface area (Å²) in [6.07, 6.45) is -0.345. The van der Waals surface area contributed by atoms with Crippen LogP contribution in [0.25, 0.3) is 11.1 Å². The molecule has 0 radical (unpaired) electrons. The number of aliphatic hydroxyl groups is 1. The number of nitrogens with one attached hydrogen (secondary N) is 2. The molecular formula is C36H39FN4O4. The van der Waals surface area contributed by atoms with E-state index in [1.165, 1.54) is 29.8 Å². The highest BCUT2D eigenvalue weighted by atomic mass is 19.1. The Bertz CT molecular complexity index is 1600. The maximum atomic E-state index is 13.8. The number of anilines is 2. The van der Waals surface area contributed by atoms with Gasteiger partial charge in [-0.3, -0.25) is 9.69 Å². The van der Waals surface area contributed by atoms with Gasteiger partial charge in [0.2, 0.25) is 0 Å². The molecule has 0 unspecified atom stereocenters. The lowest BCUT2D eigenvalue weighted by molar-refractivity contribution is 0.0343. The van der Waals surface area contributed by atoms with Crippen LogP contribution in [0.1, 0.15) is 29.8 Å². The third kappa shape index (κ3) is 7.87. The van der Waals surface area contributed by atoms with Gasteiger partial charge in [-0.05, 0) is 67.1 Å². The van der Waals surface area contributed by atoms with E-state index < -0.39 is 17.9 Å². The fourth-order valence-electron chi connectivity index (χ4n) is 5.49. The molecule has 4 aromatic carbocycles. The van der Waals surface area contributed by atoms with Gasteiger partial charge < -0.3 is 25.4 Å². The quantitative estimate of drug-likeness (QED) is 0.202. The van der Waals surface area contributed by atoms with Crippen molar-refractivity contribution < 1.29 is 23.8 Å². The summed E-state index contributed by atoms with van der Waals surface area (Å²) in [7, 11) is 2.03. The minimum atomic E-state index is -0.561. The second-order valence-electron chi connectivity index (χ2n) is 11.7. The molecule has 0 spiro atoms. The second-order valence-corrected chi connectivity index (χ2v) is 11.7. The largest absolute Gasteiger partial charge is 0.486 e. The van der Waals surface area contributed by atoms with Gasteiger partial charge in [0.25, 0.3) is 5.91 Å². The Morgan fingerprint density at radius 3 is 2.36 bits per heavy atom. The first-order valence-corrected chi connectivity index (χ1v) is 15.1. The average molecular weight is 611 g/mol. The maximum absolute atomic E-state index is 13.8.